The van der Waals surface area contributed by atoms with Crippen LogP contribution in [0.4, 0.5) is 21.4 Å². The second-order valence-corrected chi connectivity index (χ2v) is 13.8. The number of nitrogens with zero attached hydrogens (tertiary/aromatic N) is 5. The van der Waals surface area contributed by atoms with E-state index < -0.39 is 42.0 Å². The van der Waals surface area contributed by atoms with Gasteiger partial charge in [0.15, 0.2) is 17.0 Å². The Morgan fingerprint density at radius 3 is 2.42 bits per heavy atom. The summed E-state index contributed by atoms with van der Waals surface area (Å²) in [7, 11) is 0. The van der Waals surface area contributed by atoms with Gasteiger partial charge in [-0.1, -0.05) is 66.7 Å². The summed E-state index contributed by atoms with van der Waals surface area (Å²) >= 11 is 6.28. The molecule has 2 atom stereocenters. The lowest BCUT2D eigenvalue weighted by Gasteiger charge is -2.32. The molecule has 308 valence electrons. The second kappa shape index (κ2) is 22.3. The third-order valence-electron chi connectivity index (χ3n) is 7.93. The number of unbranched alkanes of at least 4 members (excludes halogenated alkanes) is 1. The largest absolute Gasteiger partial charge is 0.444 e. The van der Waals surface area contributed by atoms with Gasteiger partial charge in [0.1, 0.15) is 24.8 Å². The van der Waals surface area contributed by atoms with Gasteiger partial charge in [0.2, 0.25) is 18.1 Å². The van der Waals surface area contributed by atoms with E-state index in [4.69, 9.17) is 42.0 Å². The van der Waals surface area contributed by atoms with Crippen molar-refractivity contribution >= 4 is 71.0 Å². The van der Waals surface area contributed by atoms with E-state index in [1.165, 1.54) is 21.9 Å². The van der Waals surface area contributed by atoms with Crippen LogP contribution in [0, 0.1) is 0 Å². The lowest BCUT2D eigenvalue weighted by molar-refractivity contribution is -0.179. The topological polar surface area (TPSA) is 228 Å². The number of nitrogens with two attached hydrogens (primary N) is 2. The van der Waals surface area contributed by atoms with Crippen LogP contribution in [0.3, 0.4) is 0 Å². The minimum atomic E-state index is -1.19. The van der Waals surface area contributed by atoms with Crippen LogP contribution in [0.15, 0.2) is 73.6 Å². The monoisotopic (exact) mass is 829 g/mol. The van der Waals surface area contributed by atoms with Crippen LogP contribution in [-0.2, 0) is 48.3 Å². The van der Waals surface area contributed by atoms with Crippen molar-refractivity contribution in [1.82, 2.24) is 29.7 Å². The van der Waals surface area contributed by atoms with E-state index in [0.29, 0.717) is 30.0 Å². The summed E-state index contributed by atoms with van der Waals surface area (Å²) < 4.78 is 23.6. The first-order valence-corrected chi connectivity index (χ1v) is 18.3. The minimum Gasteiger partial charge on any atom is -0.444 e. The maximum absolute atomic E-state index is 14.3. The molecule has 0 saturated carbocycles. The molecule has 0 radical (unpaired) electrons. The number of rotatable bonds is 19. The van der Waals surface area contributed by atoms with Crippen molar-refractivity contribution in [2.75, 3.05) is 30.7 Å². The van der Waals surface area contributed by atoms with Crippen molar-refractivity contribution in [3.05, 3.63) is 89.7 Å². The van der Waals surface area contributed by atoms with E-state index in [2.05, 4.69) is 32.2 Å². The molecule has 0 spiro atoms. The molecular formula is C38H49Cl2N9O8. The number of aromatic nitrogens is 4. The number of nitrogen functional groups attached to an aromatic ring is 1. The van der Waals surface area contributed by atoms with E-state index in [0.717, 1.165) is 5.56 Å². The van der Waals surface area contributed by atoms with Gasteiger partial charge in [-0.25, -0.2) is 19.4 Å². The van der Waals surface area contributed by atoms with Gasteiger partial charge in [-0.2, -0.15) is 9.97 Å². The van der Waals surface area contributed by atoms with Crippen LogP contribution >= 0.6 is 24.0 Å². The van der Waals surface area contributed by atoms with Crippen LogP contribution in [0.2, 0.25) is 5.02 Å². The highest BCUT2D eigenvalue weighted by molar-refractivity contribution is 6.31. The molecule has 6 N–H and O–H groups in total. The lowest BCUT2D eigenvalue weighted by Crippen LogP contribution is -2.50. The van der Waals surface area contributed by atoms with Gasteiger partial charge < -0.3 is 45.2 Å². The summed E-state index contributed by atoms with van der Waals surface area (Å²) in [4.78, 5) is 67.4. The standard InChI is InChI=1S/C38H48ClN9O8.ClH/c1-5-30(53-23-26-15-9-10-16-27(26)39)55-34(50)28(17-11-12-18-40)48(20-19-42-36(51)56-38(2,3)4)29(49)21-47-24-43-31-32(44-35(41)46-33(31)47)45-37(52)54-22-25-13-7-6-8-14-25;/h5-10,13-16,24,28,30H,1,11-12,17-23,40H2,2-4H3,(H,42,51)(H3,41,44,45,46,52);1H/t28-,30?;/m0./s1. The summed E-state index contributed by atoms with van der Waals surface area (Å²) in [5, 5.41) is 5.64. The first kappa shape index (κ1) is 45.9. The number of alkyl carbamates (subject to hydrolysis) is 1. The molecule has 0 aliphatic carbocycles. The number of hydrogen-bond donors (Lipinski definition) is 4. The van der Waals surface area contributed by atoms with Crippen molar-refractivity contribution < 1.29 is 38.1 Å². The van der Waals surface area contributed by atoms with Gasteiger partial charge in [-0.05, 0) is 69.8 Å². The number of benzene rings is 2. The molecule has 0 aliphatic heterocycles. The molecule has 2 aromatic heterocycles. The number of imidazole rings is 1. The molecule has 19 heteroatoms. The second-order valence-electron chi connectivity index (χ2n) is 13.4. The molecule has 2 aromatic carbocycles. The number of nitrogens with one attached hydrogen (secondary N) is 2. The fourth-order valence-electron chi connectivity index (χ4n) is 5.32. The number of carbonyl (C=O) groups is 4. The van der Waals surface area contributed by atoms with Crippen LogP contribution in [0.25, 0.3) is 11.2 Å². The summed E-state index contributed by atoms with van der Waals surface area (Å²) in [6.07, 6.45) is 1.13. The normalized spacial score (nSPS) is 12.1. The van der Waals surface area contributed by atoms with Gasteiger partial charge >= 0.3 is 18.2 Å². The van der Waals surface area contributed by atoms with Gasteiger partial charge in [0, 0.05) is 18.1 Å². The number of hydrogen-bond acceptors (Lipinski definition) is 13. The lowest BCUT2D eigenvalue weighted by atomic mass is 10.1. The van der Waals surface area contributed by atoms with Crippen LogP contribution < -0.4 is 22.1 Å². The highest BCUT2D eigenvalue weighted by Gasteiger charge is 2.33. The number of esters is 1. The first-order valence-electron chi connectivity index (χ1n) is 17.9. The van der Waals surface area contributed by atoms with E-state index in [1.54, 1.807) is 57.2 Å². The molecule has 0 saturated heterocycles. The summed E-state index contributed by atoms with van der Waals surface area (Å²) in [5.41, 5.74) is 12.7. The molecule has 2 heterocycles. The van der Waals surface area contributed by atoms with Crippen molar-refractivity contribution in [3.8, 4) is 0 Å². The molecule has 0 aliphatic rings. The summed E-state index contributed by atoms with van der Waals surface area (Å²) in [6, 6.07) is 15.0. The van der Waals surface area contributed by atoms with Crippen LogP contribution in [0.5, 0.6) is 0 Å². The Labute approximate surface area is 341 Å². The average molecular weight is 831 g/mol. The molecule has 4 aromatic rings. The van der Waals surface area contributed by atoms with E-state index in [-0.39, 0.29) is 74.6 Å². The van der Waals surface area contributed by atoms with Gasteiger partial charge in [-0.15, -0.1) is 12.4 Å². The Bertz CT molecular complexity index is 1960. The molecule has 17 nitrogen and oxygen atoms in total. The summed E-state index contributed by atoms with van der Waals surface area (Å²) in [6.45, 7) is 8.69. The van der Waals surface area contributed by atoms with Crippen molar-refractivity contribution in [2.45, 2.75) is 77.7 Å². The fraction of sp³-hybridized carbons (Fsp3) is 0.395. The molecular weight excluding hydrogens is 781 g/mol. The van der Waals surface area contributed by atoms with E-state index in [9.17, 15) is 19.2 Å². The molecule has 4 rings (SSSR count). The predicted molar refractivity (Wildman–Crippen MR) is 216 cm³/mol. The van der Waals surface area contributed by atoms with Crippen LogP contribution in [-0.4, -0.2) is 86.0 Å². The number of amides is 3. The number of halogens is 2. The van der Waals surface area contributed by atoms with E-state index >= 15 is 0 Å². The highest BCUT2D eigenvalue weighted by atomic mass is 35.5. The maximum Gasteiger partial charge on any atom is 0.413 e. The molecule has 0 bridgehead atoms. The Kier molecular flexibility index (Phi) is 18.0. The maximum atomic E-state index is 14.3. The van der Waals surface area contributed by atoms with Crippen LogP contribution in [0.1, 0.15) is 51.2 Å². The average Bonchev–Trinajstić information content (AvgIpc) is 3.55. The highest BCUT2D eigenvalue weighted by Crippen LogP contribution is 2.22. The van der Waals surface area contributed by atoms with E-state index in [1.807, 2.05) is 18.2 Å². The summed E-state index contributed by atoms with van der Waals surface area (Å²) in [5.74, 6) is -1.59. The number of fused-ring (bicyclic) bond motifs is 1. The Balaban J connectivity index is 0.00000870. The van der Waals surface area contributed by atoms with Crippen molar-refractivity contribution in [2.24, 2.45) is 5.73 Å². The zero-order valence-electron chi connectivity index (χ0n) is 32.0. The van der Waals surface area contributed by atoms with Gasteiger partial charge in [-0.3, -0.25) is 10.1 Å². The zero-order chi connectivity index (χ0) is 40.7. The van der Waals surface area contributed by atoms with Crippen molar-refractivity contribution in [1.29, 1.82) is 0 Å². The molecule has 57 heavy (non-hydrogen) atoms. The number of carbonyl (C=O) groups excluding carboxylic acids is 4. The number of ether oxygens (including phenoxy) is 4. The third kappa shape index (κ3) is 14.5. The van der Waals surface area contributed by atoms with Gasteiger partial charge in [0.25, 0.3) is 0 Å². The Morgan fingerprint density at radius 2 is 1.74 bits per heavy atom. The van der Waals surface area contributed by atoms with Gasteiger partial charge in [0.05, 0.1) is 12.9 Å². The smallest absolute Gasteiger partial charge is 0.413 e. The minimum absolute atomic E-state index is 0. The third-order valence-corrected chi connectivity index (χ3v) is 8.30. The SMILES string of the molecule is C=CC(OCc1ccccc1Cl)OC(=O)[C@H](CCCCN)N(CCNC(=O)OC(C)(C)C)C(=O)Cn1cnc2c(NC(=O)OCc3ccccc3)nc(N)nc21.Cl. The number of anilines is 2. The molecule has 3 amide bonds. The Morgan fingerprint density at radius 1 is 1.02 bits per heavy atom. The quantitative estimate of drug-likeness (QED) is 0.0307. The molecule has 0 fully saturated rings. The predicted octanol–water partition coefficient (Wildman–Crippen LogP) is 5.36. The fourth-order valence-corrected chi connectivity index (χ4v) is 5.51. The van der Waals surface area contributed by atoms with Crippen molar-refractivity contribution in [3.63, 3.8) is 0 Å². The molecule has 1 unspecified atom stereocenters. The first-order chi connectivity index (χ1) is 26.8. The Hall–Kier alpha value is -5.49. The zero-order valence-corrected chi connectivity index (χ0v) is 33.6.